The van der Waals surface area contributed by atoms with Crippen molar-refractivity contribution >= 4 is 40.7 Å². The molecule has 2 rings (SSSR count). The summed E-state index contributed by atoms with van der Waals surface area (Å²) < 4.78 is 13.3. The van der Waals surface area contributed by atoms with E-state index in [0.29, 0.717) is 35.4 Å². The number of nitrogens with zero attached hydrogens (tertiary/aromatic N) is 3. The van der Waals surface area contributed by atoms with Gasteiger partial charge in [-0.05, 0) is 6.07 Å². The summed E-state index contributed by atoms with van der Waals surface area (Å²) in [6.07, 6.45) is 1.54. The average Bonchev–Trinajstić information content (AvgIpc) is 3.10. The van der Waals surface area contributed by atoms with E-state index in [4.69, 9.17) is 37.5 Å². The molecular weight excluding hydrogens is 404 g/mol. The molecule has 0 aliphatic heterocycles. The standard InChI is InChI=1S/C15H20N8O3S2/c16-10(24)8-23-7-9(12(17)18)1-2-11(23)26-4-3-25-5-6-27-15-22-21-14(28-15)13(19)20/h1-2,7H,3-6,8H2,(H7-,16,17,18,19,20,24)/p+1. The molecule has 0 saturated heterocycles. The van der Waals surface area contributed by atoms with Gasteiger partial charge in [0.15, 0.2) is 21.4 Å². The number of nitrogens with one attached hydrogen (secondary N) is 2. The van der Waals surface area contributed by atoms with Crippen LogP contribution >= 0.6 is 23.1 Å². The fraction of sp³-hybridized carbons (Fsp3) is 0.333. The molecule has 0 unspecified atom stereocenters. The van der Waals surface area contributed by atoms with Crippen LogP contribution in [0.4, 0.5) is 0 Å². The third kappa shape index (κ3) is 6.75. The van der Waals surface area contributed by atoms with E-state index in [2.05, 4.69) is 10.2 Å². The maximum Gasteiger partial charge on any atom is 0.368 e. The van der Waals surface area contributed by atoms with Crippen molar-refractivity contribution in [1.29, 1.82) is 10.8 Å². The van der Waals surface area contributed by atoms with Crippen LogP contribution in [0, 0.1) is 10.8 Å². The Bertz CT molecular complexity index is 858. The molecule has 0 bridgehead atoms. The third-order valence-electron chi connectivity index (χ3n) is 3.19. The van der Waals surface area contributed by atoms with Crippen molar-refractivity contribution in [1.82, 2.24) is 10.2 Å². The van der Waals surface area contributed by atoms with Crippen LogP contribution in [0.15, 0.2) is 22.7 Å². The van der Waals surface area contributed by atoms with E-state index >= 15 is 0 Å². The van der Waals surface area contributed by atoms with Crippen molar-refractivity contribution in [2.45, 2.75) is 10.9 Å². The molecule has 1 amide bonds. The number of nitrogens with two attached hydrogens (primary N) is 3. The van der Waals surface area contributed by atoms with Crippen LogP contribution in [0.5, 0.6) is 5.88 Å². The molecule has 0 atom stereocenters. The second-order valence-electron chi connectivity index (χ2n) is 5.36. The first-order valence-electron chi connectivity index (χ1n) is 8.04. The van der Waals surface area contributed by atoms with Crippen molar-refractivity contribution in [2.75, 3.05) is 25.6 Å². The Morgan fingerprint density at radius 3 is 2.57 bits per heavy atom. The van der Waals surface area contributed by atoms with Crippen molar-refractivity contribution in [3.8, 4) is 5.88 Å². The Morgan fingerprint density at radius 2 is 1.93 bits per heavy atom. The van der Waals surface area contributed by atoms with Gasteiger partial charge in [0.05, 0.1) is 24.8 Å². The van der Waals surface area contributed by atoms with Crippen LogP contribution in [-0.2, 0) is 16.1 Å². The van der Waals surface area contributed by atoms with Gasteiger partial charge in [0, 0.05) is 5.75 Å². The second-order valence-corrected chi connectivity index (χ2v) is 7.68. The van der Waals surface area contributed by atoms with Crippen molar-refractivity contribution in [2.24, 2.45) is 17.2 Å². The maximum absolute atomic E-state index is 11.2. The second kappa shape index (κ2) is 10.5. The summed E-state index contributed by atoms with van der Waals surface area (Å²) in [5.41, 5.74) is 16.5. The smallest absolute Gasteiger partial charge is 0.368 e. The molecule has 13 heteroatoms. The summed E-state index contributed by atoms with van der Waals surface area (Å²) in [6.45, 7) is 1.02. The van der Waals surface area contributed by atoms with E-state index in [0.717, 1.165) is 4.34 Å². The predicted octanol–water partition coefficient (Wildman–Crippen LogP) is -0.933. The molecule has 0 aliphatic rings. The van der Waals surface area contributed by atoms with Gasteiger partial charge in [-0.2, -0.15) is 4.57 Å². The molecule has 0 saturated carbocycles. The lowest BCUT2D eigenvalue weighted by atomic mass is 10.2. The lowest BCUT2D eigenvalue weighted by Crippen LogP contribution is -2.43. The Morgan fingerprint density at radius 1 is 1.14 bits per heavy atom. The Labute approximate surface area is 169 Å². The molecule has 2 aromatic heterocycles. The minimum atomic E-state index is -0.534. The van der Waals surface area contributed by atoms with E-state index in [1.165, 1.54) is 33.9 Å². The van der Waals surface area contributed by atoms with E-state index in [-0.39, 0.29) is 24.8 Å². The molecule has 11 nitrogen and oxygen atoms in total. The molecule has 150 valence electrons. The number of hydrogen-bond donors (Lipinski definition) is 5. The van der Waals surface area contributed by atoms with Gasteiger partial charge >= 0.3 is 5.88 Å². The Kier molecular flexibility index (Phi) is 8.10. The van der Waals surface area contributed by atoms with E-state index in [9.17, 15) is 4.79 Å². The summed E-state index contributed by atoms with van der Waals surface area (Å²) in [5, 5.41) is 22.9. The lowest BCUT2D eigenvalue weighted by Gasteiger charge is -2.07. The van der Waals surface area contributed by atoms with Gasteiger partial charge in [0.1, 0.15) is 12.4 Å². The normalized spacial score (nSPS) is 10.6. The largest absolute Gasteiger partial charge is 0.442 e. The number of carbonyl (C=O) groups is 1. The number of amides is 1. The van der Waals surface area contributed by atoms with Crippen LogP contribution in [0.3, 0.4) is 0 Å². The first-order chi connectivity index (χ1) is 13.4. The average molecular weight is 426 g/mol. The SMILES string of the molecule is N=C(N)c1ccc(OCCOCCSc2nnc(C(=N)N)s2)[n+](CC(N)=O)c1. The zero-order valence-corrected chi connectivity index (χ0v) is 16.5. The van der Waals surface area contributed by atoms with Crippen molar-refractivity contribution in [3.05, 3.63) is 28.9 Å². The lowest BCUT2D eigenvalue weighted by molar-refractivity contribution is -0.689. The molecule has 0 aromatic carbocycles. The van der Waals surface area contributed by atoms with Crippen LogP contribution in [-0.4, -0.2) is 53.3 Å². The number of hydrogen-bond acceptors (Lipinski definition) is 9. The van der Waals surface area contributed by atoms with Gasteiger partial charge in [-0.15, -0.1) is 10.2 Å². The Hall–Kier alpha value is -2.77. The number of nitrogen functional groups attached to an aromatic ring is 2. The fourth-order valence-electron chi connectivity index (χ4n) is 1.99. The number of carbonyl (C=O) groups excluding carboxylic acids is 1. The van der Waals surface area contributed by atoms with E-state index in [1.54, 1.807) is 12.1 Å². The third-order valence-corrected chi connectivity index (χ3v) is 5.24. The fourth-order valence-corrected chi connectivity index (χ4v) is 3.62. The topological polar surface area (TPSA) is 191 Å². The summed E-state index contributed by atoms with van der Waals surface area (Å²) in [7, 11) is 0. The summed E-state index contributed by atoms with van der Waals surface area (Å²) in [6, 6.07) is 3.25. The van der Waals surface area contributed by atoms with Crippen LogP contribution in [0.2, 0.25) is 0 Å². The summed E-state index contributed by atoms with van der Waals surface area (Å²) in [4.78, 5) is 11.2. The molecule has 2 heterocycles. The zero-order chi connectivity index (χ0) is 20.5. The van der Waals surface area contributed by atoms with Crippen molar-refractivity contribution in [3.63, 3.8) is 0 Å². The number of aromatic nitrogens is 3. The first kappa shape index (κ1) is 21.5. The minimum absolute atomic E-state index is 0.0853. The maximum atomic E-state index is 11.2. The quantitative estimate of drug-likeness (QED) is 0.0946. The molecule has 28 heavy (non-hydrogen) atoms. The summed E-state index contributed by atoms with van der Waals surface area (Å²) >= 11 is 2.73. The molecule has 0 spiro atoms. The number of ether oxygens (including phenoxy) is 2. The van der Waals surface area contributed by atoms with Gasteiger partial charge < -0.3 is 26.7 Å². The molecule has 0 fully saturated rings. The van der Waals surface area contributed by atoms with Crippen molar-refractivity contribution < 1.29 is 18.8 Å². The molecule has 0 radical (unpaired) electrons. The van der Waals surface area contributed by atoms with Crippen LogP contribution in [0.1, 0.15) is 10.6 Å². The number of amidine groups is 2. The van der Waals surface area contributed by atoms with Gasteiger partial charge in [-0.3, -0.25) is 15.6 Å². The van der Waals surface area contributed by atoms with Crippen LogP contribution < -0.4 is 26.5 Å². The van der Waals surface area contributed by atoms with Gasteiger partial charge in [0.2, 0.25) is 6.54 Å². The Balaban J connectivity index is 1.73. The predicted molar refractivity (Wildman–Crippen MR) is 105 cm³/mol. The number of pyridine rings is 1. The summed E-state index contributed by atoms with van der Waals surface area (Å²) in [5.74, 6) is 0.349. The molecule has 0 aliphatic carbocycles. The van der Waals surface area contributed by atoms with Gasteiger partial charge in [-0.1, -0.05) is 23.1 Å². The molecule has 2 aromatic rings. The highest BCUT2D eigenvalue weighted by Gasteiger charge is 2.17. The molecule has 8 N–H and O–H groups in total. The van der Waals surface area contributed by atoms with Gasteiger partial charge in [0.25, 0.3) is 5.91 Å². The monoisotopic (exact) mass is 425 g/mol. The zero-order valence-electron chi connectivity index (χ0n) is 14.9. The van der Waals surface area contributed by atoms with E-state index < -0.39 is 5.91 Å². The van der Waals surface area contributed by atoms with Gasteiger partial charge in [-0.25, -0.2) is 0 Å². The highest BCUT2D eigenvalue weighted by molar-refractivity contribution is 8.01. The number of thioether (sulfide) groups is 1. The molecular formula is C15H21N8O3S2+. The minimum Gasteiger partial charge on any atom is -0.442 e. The number of primary amides is 1. The number of rotatable bonds is 12. The highest BCUT2D eigenvalue weighted by atomic mass is 32.2. The van der Waals surface area contributed by atoms with Crippen LogP contribution in [0.25, 0.3) is 0 Å². The van der Waals surface area contributed by atoms with E-state index in [1.807, 2.05) is 0 Å². The first-order valence-corrected chi connectivity index (χ1v) is 9.84. The highest BCUT2D eigenvalue weighted by Crippen LogP contribution is 2.21.